The molecule has 1 saturated heterocycles. The van der Waals surface area contributed by atoms with E-state index in [1.54, 1.807) is 0 Å². The Morgan fingerprint density at radius 1 is 1.30 bits per heavy atom. The van der Waals surface area contributed by atoms with E-state index in [4.69, 9.17) is 14.7 Å². The van der Waals surface area contributed by atoms with E-state index in [9.17, 15) is 4.79 Å². The normalized spacial score (nSPS) is 16.4. The number of carbonyl (C=O) groups is 1. The topological polar surface area (TPSA) is 72.3 Å². The Balaban J connectivity index is 1.70. The minimum atomic E-state index is -0.0960. The van der Waals surface area contributed by atoms with Gasteiger partial charge >= 0.3 is 0 Å². The van der Waals surface area contributed by atoms with E-state index in [-0.39, 0.29) is 5.91 Å². The van der Waals surface area contributed by atoms with Crippen molar-refractivity contribution < 1.29 is 9.53 Å². The number of rotatable bonds is 7. The number of hydrogen-bond acceptors (Lipinski definition) is 5. The van der Waals surface area contributed by atoms with Gasteiger partial charge in [-0.05, 0) is 57.0 Å². The summed E-state index contributed by atoms with van der Waals surface area (Å²) in [6.45, 7) is 8.80. The van der Waals surface area contributed by atoms with Gasteiger partial charge in [0.05, 0.1) is 17.6 Å². The third-order valence-corrected chi connectivity index (χ3v) is 5.59. The van der Waals surface area contributed by atoms with E-state index in [1.165, 1.54) is 19.8 Å². The fourth-order valence-electron chi connectivity index (χ4n) is 4.12. The van der Waals surface area contributed by atoms with Crippen molar-refractivity contribution in [2.45, 2.75) is 46.2 Å². The number of nitrogens with one attached hydrogen (secondary N) is 1. The molecule has 1 N–H and O–H groups in total. The van der Waals surface area contributed by atoms with Crippen molar-refractivity contribution in [2.24, 2.45) is 0 Å². The maximum absolute atomic E-state index is 11.4. The number of amides is 1. The molecule has 1 aromatic carbocycles. The molecular formula is C23H29N5O2. The largest absolute Gasteiger partial charge is 0.380 e. The summed E-state index contributed by atoms with van der Waals surface area (Å²) in [6, 6.07) is 10.5. The molecule has 0 aliphatic carbocycles. The van der Waals surface area contributed by atoms with Crippen LogP contribution in [0.15, 0.2) is 36.5 Å². The quantitative estimate of drug-likeness (QED) is 0.598. The number of nitrogens with zero attached hydrogens (tertiary/aromatic N) is 4. The molecule has 1 atom stereocenters. The molecule has 3 aromatic rings. The molecule has 1 amide bonds. The fraction of sp³-hybridized carbons (Fsp3) is 0.435. The van der Waals surface area contributed by atoms with Crippen molar-refractivity contribution in [3.63, 3.8) is 0 Å². The number of fused-ring (bicyclic) bond motifs is 1. The molecule has 1 aliphatic rings. The van der Waals surface area contributed by atoms with Crippen LogP contribution in [0, 0.1) is 0 Å². The van der Waals surface area contributed by atoms with Crippen molar-refractivity contribution >= 4 is 28.4 Å². The molecule has 158 valence electrons. The predicted molar refractivity (Wildman–Crippen MR) is 120 cm³/mol. The maximum atomic E-state index is 11.4. The lowest BCUT2D eigenvalue weighted by Gasteiger charge is -2.22. The van der Waals surface area contributed by atoms with Gasteiger partial charge in [0.15, 0.2) is 0 Å². The van der Waals surface area contributed by atoms with Gasteiger partial charge in [0.1, 0.15) is 11.6 Å². The Kier molecular flexibility index (Phi) is 5.99. The number of imidazole rings is 1. The third kappa shape index (κ3) is 4.16. The minimum Gasteiger partial charge on any atom is -0.380 e. The second-order valence-corrected chi connectivity index (χ2v) is 7.76. The van der Waals surface area contributed by atoms with Crippen LogP contribution in [0.2, 0.25) is 0 Å². The van der Waals surface area contributed by atoms with Crippen molar-refractivity contribution in [3.05, 3.63) is 36.5 Å². The molecule has 0 spiro atoms. The van der Waals surface area contributed by atoms with Crippen LogP contribution in [0.4, 0.5) is 11.5 Å². The summed E-state index contributed by atoms with van der Waals surface area (Å²) in [5.41, 5.74) is 3.56. The molecule has 7 heteroatoms. The van der Waals surface area contributed by atoms with Crippen molar-refractivity contribution in [1.82, 2.24) is 14.5 Å². The number of anilines is 2. The average molecular weight is 408 g/mol. The van der Waals surface area contributed by atoms with Crippen molar-refractivity contribution in [1.29, 1.82) is 0 Å². The van der Waals surface area contributed by atoms with Crippen LogP contribution in [-0.2, 0) is 16.1 Å². The molecule has 0 radical (unpaired) electrons. The standard InChI is InChI=1S/C23H29N5O2/c1-4-30-13-12-28-21-9-8-19(25-17(3)29)14-20(21)26-23(28)18-7-10-22(24-15-18)27-11-5-6-16(27)2/h7-10,14-16H,4-6,11-13H2,1-3H3,(H,25,29). The molecule has 2 aromatic heterocycles. The lowest BCUT2D eigenvalue weighted by atomic mass is 10.2. The summed E-state index contributed by atoms with van der Waals surface area (Å²) < 4.78 is 7.76. The van der Waals surface area contributed by atoms with E-state index < -0.39 is 0 Å². The highest BCUT2D eigenvalue weighted by molar-refractivity contribution is 5.92. The number of benzene rings is 1. The lowest BCUT2D eigenvalue weighted by Crippen LogP contribution is -2.26. The Morgan fingerprint density at radius 3 is 2.83 bits per heavy atom. The molecule has 7 nitrogen and oxygen atoms in total. The third-order valence-electron chi connectivity index (χ3n) is 5.59. The lowest BCUT2D eigenvalue weighted by molar-refractivity contribution is -0.114. The average Bonchev–Trinajstić information content (AvgIpc) is 3.31. The highest BCUT2D eigenvalue weighted by Gasteiger charge is 2.22. The molecule has 4 rings (SSSR count). The molecule has 30 heavy (non-hydrogen) atoms. The fourth-order valence-corrected chi connectivity index (χ4v) is 4.12. The number of aromatic nitrogens is 3. The Morgan fingerprint density at radius 2 is 2.17 bits per heavy atom. The maximum Gasteiger partial charge on any atom is 0.221 e. The van der Waals surface area contributed by atoms with Gasteiger partial charge < -0.3 is 19.5 Å². The minimum absolute atomic E-state index is 0.0960. The first-order chi connectivity index (χ1) is 14.6. The van der Waals surface area contributed by atoms with Gasteiger partial charge in [-0.1, -0.05) is 0 Å². The van der Waals surface area contributed by atoms with Gasteiger partial charge in [-0.3, -0.25) is 4.79 Å². The van der Waals surface area contributed by atoms with Crippen molar-refractivity contribution in [2.75, 3.05) is 30.0 Å². The highest BCUT2D eigenvalue weighted by Crippen LogP contribution is 2.29. The van der Waals surface area contributed by atoms with Crippen LogP contribution in [0.25, 0.3) is 22.4 Å². The zero-order chi connectivity index (χ0) is 21.1. The van der Waals surface area contributed by atoms with Gasteiger partial charge in [-0.15, -0.1) is 0 Å². The summed E-state index contributed by atoms with van der Waals surface area (Å²) in [6.07, 6.45) is 4.34. The SMILES string of the molecule is CCOCCn1c(-c2ccc(N3CCCC3C)nc2)nc2cc(NC(C)=O)ccc21. The van der Waals surface area contributed by atoms with Crippen LogP contribution in [-0.4, -0.2) is 46.2 Å². The second-order valence-electron chi connectivity index (χ2n) is 7.76. The van der Waals surface area contributed by atoms with Crippen LogP contribution in [0.1, 0.15) is 33.6 Å². The van der Waals surface area contributed by atoms with Gasteiger partial charge in [0, 0.05) is 50.1 Å². The number of carbonyl (C=O) groups excluding carboxylic acids is 1. The van der Waals surface area contributed by atoms with Gasteiger partial charge in [0.25, 0.3) is 0 Å². The summed E-state index contributed by atoms with van der Waals surface area (Å²) in [5.74, 6) is 1.79. The monoisotopic (exact) mass is 407 g/mol. The van der Waals surface area contributed by atoms with E-state index in [0.29, 0.717) is 25.8 Å². The predicted octanol–water partition coefficient (Wildman–Crippen LogP) is 4.08. The van der Waals surface area contributed by atoms with E-state index >= 15 is 0 Å². The van der Waals surface area contributed by atoms with Crippen LogP contribution < -0.4 is 10.2 Å². The Hall–Kier alpha value is -2.93. The first-order valence-corrected chi connectivity index (χ1v) is 10.7. The van der Waals surface area contributed by atoms with Crippen LogP contribution >= 0.6 is 0 Å². The zero-order valence-corrected chi connectivity index (χ0v) is 17.9. The molecule has 3 heterocycles. The van der Waals surface area contributed by atoms with Gasteiger partial charge in [0.2, 0.25) is 5.91 Å². The first kappa shape index (κ1) is 20.3. The number of ether oxygens (including phenoxy) is 1. The summed E-state index contributed by atoms with van der Waals surface area (Å²) in [7, 11) is 0. The Labute approximate surface area is 177 Å². The number of pyridine rings is 1. The zero-order valence-electron chi connectivity index (χ0n) is 17.9. The molecular weight excluding hydrogens is 378 g/mol. The molecule has 1 aliphatic heterocycles. The molecule has 0 bridgehead atoms. The molecule has 0 saturated carbocycles. The molecule has 1 unspecified atom stereocenters. The summed E-state index contributed by atoms with van der Waals surface area (Å²) >= 11 is 0. The number of hydrogen-bond donors (Lipinski definition) is 1. The second kappa shape index (κ2) is 8.83. The highest BCUT2D eigenvalue weighted by atomic mass is 16.5. The Bertz CT molecular complexity index is 1030. The van der Waals surface area contributed by atoms with Crippen LogP contribution in [0.5, 0.6) is 0 Å². The summed E-state index contributed by atoms with van der Waals surface area (Å²) in [4.78, 5) is 23.4. The van der Waals surface area contributed by atoms with Gasteiger partial charge in [-0.25, -0.2) is 9.97 Å². The smallest absolute Gasteiger partial charge is 0.221 e. The van der Waals surface area contributed by atoms with Gasteiger partial charge in [-0.2, -0.15) is 0 Å². The molecule has 1 fully saturated rings. The first-order valence-electron chi connectivity index (χ1n) is 10.7. The van der Waals surface area contributed by atoms with E-state index in [1.807, 2.05) is 31.3 Å². The van der Waals surface area contributed by atoms with Crippen LogP contribution in [0.3, 0.4) is 0 Å². The van der Waals surface area contributed by atoms with E-state index in [2.05, 4.69) is 33.8 Å². The summed E-state index contributed by atoms with van der Waals surface area (Å²) in [5, 5.41) is 2.83. The van der Waals surface area contributed by atoms with E-state index in [0.717, 1.165) is 40.5 Å². The van der Waals surface area contributed by atoms with Crippen molar-refractivity contribution in [3.8, 4) is 11.4 Å².